The van der Waals surface area contributed by atoms with Gasteiger partial charge < -0.3 is 25.1 Å². The summed E-state index contributed by atoms with van der Waals surface area (Å²) in [6.07, 6.45) is 1.73. The van der Waals surface area contributed by atoms with Gasteiger partial charge in [0.2, 0.25) is 5.91 Å². The van der Waals surface area contributed by atoms with Crippen LogP contribution in [0.15, 0.2) is 83.3 Å². The van der Waals surface area contributed by atoms with Gasteiger partial charge >= 0.3 is 5.97 Å². The fourth-order valence-electron chi connectivity index (χ4n) is 5.65. The summed E-state index contributed by atoms with van der Waals surface area (Å²) in [6, 6.07) is 22.8. The van der Waals surface area contributed by atoms with Crippen molar-refractivity contribution in [2.24, 2.45) is 0 Å². The summed E-state index contributed by atoms with van der Waals surface area (Å²) < 4.78 is 5.95. The molecule has 9 nitrogen and oxygen atoms in total. The predicted octanol–water partition coefficient (Wildman–Crippen LogP) is 7.13. The maximum absolute atomic E-state index is 13.5. The number of benzene rings is 4. The molecule has 0 bridgehead atoms. The highest BCUT2D eigenvalue weighted by Crippen LogP contribution is 2.31. The molecule has 234 valence electrons. The standard InChI is InChI=1S/C35H30Cl2N4O5/c1-20-6-2-3-10-26(20)39-35-40-27-13-11-22(18-30(27)46-35)19-31(42)41-15-5-7-23-16-21(12-14-29(23)41)17-28(34(44)45)38-33(43)32-24(36)8-4-9-25(32)37/h2-4,6,8-14,16,18,28H,5,7,15,17,19H2,1H3,(H,38,43)(H,39,40)(H,44,45)/t28-/m0/s1. The van der Waals surface area contributed by atoms with Gasteiger partial charge in [0.1, 0.15) is 11.6 Å². The Labute approximate surface area is 275 Å². The van der Waals surface area contributed by atoms with Gasteiger partial charge in [0.05, 0.1) is 22.0 Å². The summed E-state index contributed by atoms with van der Waals surface area (Å²) in [5.74, 6) is -1.91. The third-order valence-corrected chi connectivity index (χ3v) is 8.62. The van der Waals surface area contributed by atoms with Gasteiger partial charge in [0.25, 0.3) is 11.9 Å². The molecule has 46 heavy (non-hydrogen) atoms. The average Bonchev–Trinajstić information content (AvgIpc) is 3.43. The summed E-state index contributed by atoms with van der Waals surface area (Å²) in [5.41, 5.74) is 6.53. The predicted molar refractivity (Wildman–Crippen MR) is 178 cm³/mol. The Morgan fingerprint density at radius 2 is 1.74 bits per heavy atom. The second kappa shape index (κ2) is 13.2. The molecule has 1 atom stereocenters. The van der Waals surface area contributed by atoms with Crippen LogP contribution >= 0.6 is 23.2 Å². The highest BCUT2D eigenvalue weighted by atomic mass is 35.5. The van der Waals surface area contributed by atoms with Crippen LogP contribution < -0.4 is 15.5 Å². The second-order valence-electron chi connectivity index (χ2n) is 11.2. The van der Waals surface area contributed by atoms with Crippen LogP contribution in [-0.4, -0.2) is 40.5 Å². The van der Waals surface area contributed by atoms with Crippen LogP contribution in [0, 0.1) is 6.92 Å². The third-order valence-electron chi connectivity index (χ3n) is 7.99. The van der Waals surface area contributed by atoms with Crippen LogP contribution in [0.2, 0.25) is 10.0 Å². The Morgan fingerprint density at radius 3 is 2.50 bits per heavy atom. The van der Waals surface area contributed by atoms with Crippen LogP contribution in [-0.2, 0) is 28.9 Å². The molecule has 0 saturated carbocycles. The molecule has 2 heterocycles. The molecule has 5 aromatic rings. The van der Waals surface area contributed by atoms with Gasteiger partial charge in [-0.15, -0.1) is 0 Å². The number of aromatic nitrogens is 1. The van der Waals surface area contributed by atoms with E-state index in [9.17, 15) is 19.5 Å². The van der Waals surface area contributed by atoms with Gasteiger partial charge in [-0.3, -0.25) is 9.59 Å². The minimum atomic E-state index is -1.21. The first kappa shape index (κ1) is 31.1. The van der Waals surface area contributed by atoms with Crippen LogP contribution in [0.1, 0.15) is 39.0 Å². The maximum Gasteiger partial charge on any atom is 0.326 e. The number of hydrogen-bond donors (Lipinski definition) is 3. The molecular weight excluding hydrogens is 627 g/mol. The van der Waals surface area contributed by atoms with E-state index in [1.54, 1.807) is 17.0 Å². The smallest absolute Gasteiger partial charge is 0.326 e. The summed E-state index contributed by atoms with van der Waals surface area (Å²) >= 11 is 12.3. The Kier molecular flexibility index (Phi) is 8.96. The highest BCUT2D eigenvalue weighted by molar-refractivity contribution is 6.39. The summed E-state index contributed by atoms with van der Waals surface area (Å²) in [4.78, 5) is 44.8. The van der Waals surface area contributed by atoms with Crippen molar-refractivity contribution in [3.63, 3.8) is 0 Å². The number of nitrogens with zero attached hydrogens (tertiary/aromatic N) is 2. The zero-order valence-corrected chi connectivity index (χ0v) is 26.4. The SMILES string of the molecule is Cc1ccccc1Nc1nc2ccc(CC(=O)N3CCCc4cc(C[C@H](NC(=O)c5c(Cl)cccc5Cl)C(=O)O)ccc43)cc2o1. The van der Waals surface area contributed by atoms with Crippen molar-refractivity contribution in [3.05, 3.63) is 117 Å². The van der Waals surface area contributed by atoms with E-state index in [0.29, 0.717) is 23.7 Å². The number of anilines is 3. The van der Waals surface area contributed by atoms with E-state index in [1.807, 2.05) is 61.5 Å². The van der Waals surface area contributed by atoms with Crippen molar-refractivity contribution in [1.82, 2.24) is 10.3 Å². The lowest BCUT2D eigenvalue weighted by molar-refractivity contribution is -0.139. The number of aliphatic carboxylic acids is 1. The monoisotopic (exact) mass is 656 g/mol. The van der Waals surface area contributed by atoms with Crippen molar-refractivity contribution in [2.75, 3.05) is 16.8 Å². The topological polar surface area (TPSA) is 125 Å². The number of nitrogens with one attached hydrogen (secondary N) is 2. The molecule has 0 fully saturated rings. The van der Waals surface area contributed by atoms with Crippen molar-refractivity contribution in [1.29, 1.82) is 0 Å². The van der Waals surface area contributed by atoms with E-state index in [4.69, 9.17) is 27.6 Å². The molecule has 0 saturated heterocycles. The third kappa shape index (κ3) is 6.71. The molecule has 3 N–H and O–H groups in total. The lowest BCUT2D eigenvalue weighted by Crippen LogP contribution is -2.42. The minimum Gasteiger partial charge on any atom is -0.480 e. The number of carboxylic acids is 1. The number of hydrogen-bond acceptors (Lipinski definition) is 6. The maximum atomic E-state index is 13.5. The normalized spacial score (nSPS) is 13.2. The Hall–Kier alpha value is -4.86. The van der Waals surface area contributed by atoms with Crippen molar-refractivity contribution < 1.29 is 23.9 Å². The molecule has 0 radical (unpaired) electrons. The number of fused-ring (bicyclic) bond motifs is 2. The molecule has 6 rings (SSSR count). The molecule has 0 spiro atoms. The first-order valence-electron chi connectivity index (χ1n) is 14.8. The van der Waals surface area contributed by atoms with Gasteiger partial charge in [-0.25, -0.2) is 4.79 Å². The quantitative estimate of drug-likeness (QED) is 0.154. The zero-order chi connectivity index (χ0) is 32.4. The number of oxazole rings is 1. The lowest BCUT2D eigenvalue weighted by atomic mass is 9.95. The second-order valence-corrected chi connectivity index (χ2v) is 12.0. The molecule has 0 aliphatic carbocycles. The molecule has 1 aliphatic rings. The number of carbonyl (C=O) groups is 3. The molecule has 2 amide bonds. The van der Waals surface area contributed by atoms with Crippen LogP contribution in [0.5, 0.6) is 0 Å². The van der Waals surface area contributed by atoms with E-state index >= 15 is 0 Å². The molecule has 11 heteroatoms. The Morgan fingerprint density at radius 1 is 0.978 bits per heavy atom. The average molecular weight is 658 g/mol. The summed E-state index contributed by atoms with van der Waals surface area (Å²) in [7, 11) is 0. The number of halogens is 2. The first-order valence-corrected chi connectivity index (χ1v) is 15.5. The largest absolute Gasteiger partial charge is 0.480 e. The zero-order valence-electron chi connectivity index (χ0n) is 24.8. The Balaban J connectivity index is 1.14. The molecular formula is C35H30Cl2N4O5. The number of rotatable bonds is 9. The molecule has 1 aromatic heterocycles. The number of carbonyl (C=O) groups excluding carboxylic acids is 2. The van der Waals surface area contributed by atoms with Gasteiger partial charge in [0.15, 0.2) is 5.58 Å². The number of para-hydroxylation sites is 1. The number of carboxylic acid groups (broad SMARTS) is 1. The van der Waals surface area contributed by atoms with E-state index in [2.05, 4.69) is 15.6 Å². The van der Waals surface area contributed by atoms with Crippen molar-refractivity contribution >= 4 is 69.5 Å². The molecule has 4 aromatic carbocycles. The van der Waals surface area contributed by atoms with E-state index in [0.717, 1.165) is 46.5 Å². The van der Waals surface area contributed by atoms with Crippen molar-refractivity contribution in [3.8, 4) is 0 Å². The van der Waals surface area contributed by atoms with Crippen molar-refractivity contribution in [2.45, 2.75) is 38.6 Å². The van der Waals surface area contributed by atoms with Crippen LogP contribution in [0.25, 0.3) is 11.1 Å². The summed E-state index contributed by atoms with van der Waals surface area (Å²) in [5, 5.41) is 15.9. The Bertz CT molecular complexity index is 1950. The number of aryl methyl sites for hydroxylation is 2. The highest BCUT2D eigenvalue weighted by Gasteiger charge is 2.26. The van der Waals surface area contributed by atoms with Gasteiger partial charge in [-0.2, -0.15) is 4.98 Å². The first-order chi connectivity index (χ1) is 22.2. The van der Waals surface area contributed by atoms with E-state index in [-0.39, 0.29) is 34.4 Å². The van der Waals surface area contributed by atoms with Gasteiger partial charge in [-0.05, 0) is 78.4 Å². The fraction of sp³-hybridized carbons (Fsp3) is 0.200. The van der Waals surface area contributed by atoms with E-state index in [1.165, 1.54) is 12.1 Å². The summed E-state index contributed by atoms with van der Waals surface area (Å²) in [6.45, 7) is 2.58. The lowest BCUT2D eigenvalue weighted by Gasteiger charge is -2.30. The van der Waals surface area contributed by atoms with Crippen LogP contribution in [0.4, 0.5) is 17.4 Å². The van der Waals surface area contributed by atoms with Gasteiger partial charge in [0, 0.05) is 24.3 Å². The van der Waals surface area contributed by atoms with Crippen LogP contribution in [0.3, 0.4) is 0 Å². The molecule has 1 aliphatic heterocycles. The van der Waals surface area contributed by atoms with E-state index < -0.39 is 17.9 Å². The minimum absolute atomic E-state index is 0.0264. The molecule has 0 unspecified atom stereocenters. The number of amides is 2. The fourth-order valence-corrected chi connectivity index (χ4v) is 6.22. The van der Waals surface area contributed by atoms with Gasteiger partial charge in [-0.1, -0.05) is 65.7 Å².